The van der Waals surface area contributed by atoms with Crippen molar-refractivity contribution in [3.63, 3.8) is 0 Å². The smallest absolute Gasteiger partial charge is 0.335 e. The fourth-order valence-electron chi connectivity index (χ4n) is 2.85. The van der Waals surface area contributed by atoms with Crippen molar-refractivity contribution in [1.29, 1.82) is 0 Å². The second kappa shape index (κ2) is 4.96. The van der Waals surface area contributed by atoms with Crippen LogP contribution < -0.4 is 0 Å². The van der Waals surface area contributed by atoms with Gasteiger partial charge in [-0.3, -0.25) is 0 Å². The molecule has 19 heavy (non-hydrogen) atoms. The average Bonchev–Trinajstić information content (AvgIpc) is 2.77. The molecule has 0 atom stereocenters. The molecule has 0 bridgehead atoms. The molecule has 1 N–H and O–H groups in total. The summed E-state index contributed by atoms with van der Waals surface area (Å²) in [5.74, 6) is 0.636. The van der Waals surface area contributed by atoms with Gasteiger partial charge in [0.2, 0.25) is 0 Å². The van der Waals surface area contributed by atoms with Gasteiger partial charge in [-0.2, -0.15) is 0 Å². The highest BCUT2D eigenvalue weighted by molar-refractivity contribution is 9.10. The van der Waals surface area contributed by atoms with Crippen molar-refractivity contribution < 1.29 is 9.90 Å². The third-order valence-electron chi connectivity index (χ3n) is 3.84. The van der Waals surface area contributed by atoms with Crippen LogP contribution in [0.3, 0.4) is 0 Å². The maximum Gasteiger partial charge on any atom is 0.335 e. The first-order valence-corrected chi connectivity index (χ1v) is 7.37. The van der Waals surface area contributed by atoms with Crippen LogP contribution in [0.1, 0.15) is 54.2 Å². The van der Waals surface area contributed by atoms with E-state index in [9.17, 15) is 4.79 Å². The minimum atomic E-state index is -0.908. The van der Waals surface area contributed by atoms with Crippen molar-refractivity contribution in [1.82, 2.24) is 9.38 Å². The van der Waals surface area contributed by atoms with Gasteiger partial charge in [0.25, 0.3) is 0 Å². The van der Waals surface area contributed by atoms with Crippen molar-refractivity contribution in [2.75, 3.05) is 0 Å². The van der Waals surface area contributed by atoms with Crippen molar-refractivity contribution in [3.05, 3.63) is 34.3 Å². The van der Waals surface area contributed by atoms with Gasteiger partial charge in [0.1, 0.15) is 10.4 Å². The van der Waals surface area contributed by atoms with E-state index in [0.717, 1.165) is 15.9 Å². The van der Waals surface area contributed by atoms with Gasteiger partial charge in [0, 0.05) is 12.1 Å². The van der Waals surface area contributed by atoms with Gasteiger partial charge in [-0.25, -0.2) is 9.78 Å². The number of pyridine rings is 1. The minimum Gasteiger partial charge on any atom is -0.478 e. The molecule has 3 rings (SSSR count). The number of hydrogen-bond acceptors (Lipinski definition) is 2. The summed E-state index contributed by atoms with van der Waals surface area (Å²) in [5.41, 5.74) is 1.13. The SMILES string of the molecule is O=C(O)c1ccn2c(C3CCCCC3)nc(Br)c2c1. The monoisotopic (exact) mass is 322 g/mol. The molecule has 0 saturated heterocycles. The predicted molar refractivity (Wildman–Crippen MR) is 75.7 cm³/mol. The van der Waals surface area contributed by atoms with E-state index < -0.39 is 5.97 Å². The molecule has 1 saturated carbocycles. The molecule has 1 aliphatic carbocycles. The molecule has 4 nitrogen and oxygen atoms in total. The molecule has 0 spiro atoms. The lowest BCUT2D eigenvalue weighted by atomic mass is 9.89. The lowest BCUT2D eigenvalue weighted by Gasteiger charge is -2.20. The Bertz CT molecular complexity index is 630. The number of carbonyl (C=O) groups is 1. The molecule has 0 amide bonds. The van der Waals surface area contributed by atoms with E-state index >= 15 is 0 Å². The molecule has 1 aliphatic rings. The molecule has 2 aromatic rings. The molecule has 1 fully saturated rings. The lowest BCUT2D eigenvalue weighted by Crippen LogP contribution is -2.08. The topological polar surface area (TPSA) is 54.6 Å². The van der Waals surface area contributed by atoms with E-state index in [1.807, 2.05) is 10.6 Å². The summed E-state index contributed by atoms with van der Waals surface area (Å²) in [6.07, 6.45) is 7.98. The zero-order chi connectivity index (χ0) is 13.4. The van der Waals surface area contributed by atoms with Crippen LogP contribution in [-0.4, -0.2) is 20.5 Å². The van der Waals surface area contributed by atoms with E-state index in [1.54, 1.807) is 12.1 Å². The molecule has 0 aromatic carbocycles. The summed E-state index contributed by atoms with van der Waals surface area (Å²) in [4.78, 5) is 15.6. The Balaban J connectivity index is 2.08. The van der Waals surface area contributed by atoms with E-state index in [1.165, 1.54) is 32.1 Å². The molecular formula is C14H15BrN2O2. The number of nitrogens with zero attached hydrogens (tertiary/aromatic N) is 2. The summed E-state index contributed by atoms with van der Waals surface area (Å²) in [5, 5.41) is 9.05. The Labute approximate surface area is 119 Å². The van der Waals surface area contributed by atoms with Gasteiger partial charge in [-0.1, -0.05) is 19.3 Å². The van der Waals surface area contributed by atoms with Gasteiger partial charge in [-0.05, 0) is 40.9 Å². The fraction of sp³-hybridized carbons (Fsp3) is 0.429. The number of halogens is 1. The molecule has 2 aromatic heterocycles. The van der Waals surface area contributed by atoms with Gasteiger partial charge >= 0.3 is 5.97 Å². The van der Waals surface area contributed by atoms with Gasteiger partial charge in [0.05, 0.1) is 11.1 Å². The van der Waals surface area contributed by atoms with Crippen LogP contribution in [0.15, 0.2) is 22.9 Å². The summed E-state index contributed by atoms with van der Waals surface area (Å²) in [6, 6.07) is 3.31. The zero-order valence-electron chi connectivity index (χ0n) is 10.5. The van der Waals surface area contributed by atoms with E-state index in [0.29, 0.717) is 11.5 Å². The molecule has 100 valence electrons. The number of carboxylic acids is 1. The first kappa shape index (κ1) is 12.7. The van der Waals surface area contributed by atoms with Crippen molar-refractivity contribution in [2.24, 2.45) is 0 Å². The Hall–Kier alpha value is -1.36. The molecule has 5 heteroatoms. The molecule has 2 heterocycles. The largest absolute Gasteiger partial charge is 0.478 e. The van der Waals surface area contributed by atoms with Crippen LogP contribution in [0, 0.1) is 0 Å². The Morgan fingerprint density at radius 1 is 1.37 bits per heavy atom. The third kappa shape index (κ3) is 2.27. The summed E-state index contributed by atoms with van der Waals surface area (Å²) in [6.45, 7) is 0. The van der Waals surface area contributed by atoms with Gasteiger partial charge in [-0.15, -0.1) is 0 Å². The van der Waals surface area contributed by atoms with E-state index in [-0.39, 0.29) is 0 Å². The van der Waals surface area contributed by atoms with Crippen LogP contribution in [0.5, 0.6) is 0 Å². The normalized spacial score (nSPS) is 16.9. The first-order chi connectivity index (χ1) is 9.16. The minimum absolute atomic E-state index is 0.295. The molecular weight excluding hydrogens is 308 g/mol. The Morgan fingerprint density at radius 3 is 2.79 bits per heavy atom. The number of rotatable bonds is 2. The fourth-order valence-corrected chi connectivity index (χ4v) is 3.34. The summed E-state index contributed by atoms with van der Waals surface area (Å²) in [7, 11) is 0. The van der Waals surface area contributed by atoms with Crippen LogP contribution >= 0.6 is 15.9 Å². The highest BCUT2D eigenvalue weighted by Crippen LogP contribution is 2.34. The molecule has 0 unspecified atom stereocenters. The van der Waals surface area contributed by atoms with E-state index in [4.69, 9.17) is 5.11 Å². The summed E-state index contributed by atoms with van der Waals surface area (Å²) >= 11 is 3.44. The number of imidazole rings is 1. The second-order valence-electron chi connectivity index (χ2n) is 5.07. The first-order valence-electron chi connectivity index (χ1n) is 6.57. The van der Waals surface area contributed by atoms with Gasteiger partial charge < -0.3 is 9.51 Å². The summed E-state index contributed by atoms with van der Waals surface area (Å²) < 4.78 is 2.75. The number of hydrogen-bond donors (Lipinski definition) is 1. The maximum absolute atomic E-state index is 11.0. The predicted octanol–water partition coefficient (Wildman–Crippen LogP) is 3.84. The lowest BCUT2D eigenvalue weighted by molar-refractivity contribution is 0.0697. The van der Waals surface area contributed by atoms with Crippen molar-refractivity contribution in [3.8, 4) is 0 Å². The Kier molecular flexibility index (Phi) is 3.31. The number of aromatic carboxylic acids is 1. The number of fused-ring (bicyclic) bond motifs is 1. The average molecular weight is 323 g/mol. The Morgan fingerprint density at radius 2 is 2.11 bits per heavy atom. The van der Waals surface area contributed by atoms with Crippen LogP contribution in [0.2, 0.25) is 0 Å². The van der Waals surface area contributed by atoms with Crippen LogP contribution in [-0.2, 0) is 0 Å². The van der Waals surface area contributed by atoms with E-state index in [2.05, 4.69) is 20.9 Å². The number of carboxylic acid groups (broad SMARTS) is 1. The maximum atomic E-state index is 11.0. The van der Waals surface area contributed by atoms with Crippen LogP contribution in [0.25, 0.3) is 5.52 Å². The number of aromatic nitrogens is 2. The molecule has 0 radical (unpaired) electrons. The second-order valence-corrected chi connectivity index (χ2v) is 5.82. The van der Waals surface area contributed by atoms with Crippen LogP contribution in [0.4, 0.5) is 0 Å². The third-order valence-corrected chi connectivity index (χ3v) is 4.43. The highest BCUT2D eigenvalue weighted by atomic mass is 79.9. The zero-order valence-corrected chi connectivity index (χ0v) is 12.1. The quantitative estimate of drug-likeness (QED) is 0.913. The standard InChI is InChI=1S/C14H15BrN2O2/c15-12-11-8-10(14(18)19)6-7-17(11)13(16-12)9-4-2-1-3-5-9/h6-9H,1-5H2,(H,18,19). The van der Waals surface area contributed by atoms with Crippen molar-refractivity contribution >= 4 is 27.4 Å². The molecule has 0 aliphatic heterocycles. The van der Waals surface area contributed by atoms with Gasteiger partial charge in [0.15, 0.2) is 0 Å². The highest BCUT2D eigenvalue weighted by Gasteiger charge is 2.22. The van der Waals surface area contributed by atoms with Crippen molar-refractivity contribution in [2.45, 2.75) is 38.0 Å².